The standard InChI is InChI=1S/C25H35NO2S/c1-17-14-20-21(25(4,5)11-10-24(20,2)3)16-18(17)15-19-8-9-22(28-19)23(27)26-12-7-13-29-6/h8-9,14,16H,7,10-13,15H2,1-6H3,(H,26,27). The summed E-state index contributed by atoms with van der Waals surface area (Å²) in [6, 6.07) is 8.49. The summed E-state index contributed by atoms with van der Waals surface area (Å²) >= 11 is 1.79. The maximum Gasteiger partial charge on any atom is 0.286 e. The largest absolute Gasteiger partial charge is 0.456 e. The maximum atomic E-state index is 12.3. The van der Waals surface area contributed by atoms with Gasteiger partial charge in [-0.2, -0.15) is 11.8 Å². The fourth-order valence-corrected chi connectivity index (χ4v) is 4.68. The molecule has 1 amide bonds. The molecule has 1 aromatic heterocycles. The molecule has 0 atom stereocenters. The quantitative estimate of drug-likeness (QED) is 0.565. The Morgan fingerprint density at radius 1 is 1.10 bits per heavy atom. The minimum absolute atomic E-state index is 0.123. The Labute approximate surface area is 180 Å². The first-order valence-corrected chi connectivity index (χ1v) is 12.0. The SMILES string of the molecule is CSCCCNC(=O)c1ccc(Cc2cc3c(cc2C)C(C)(C)CCC3(C)C)o1. The van der Waals surface area contributed by atoms with Crippen molar-refractivity contribution in [3.8, 4) is 0 Å². The van der Waals surface area contributed by atoms with Crippen LogP contribution in [0.3, 0.4) is 0 Å². The summed E-state index contributed by atoms with van der Waals surface area (Å²) in [5, 5.41) is 2.94. The molecule has 1 N–H and O–H groups in total. The topological polar surface area (TPSA) is 42.2 Å². The Hall–Kier alpha value is -1.68. The zero-order valence-electron chi connectivity index (χ0n) is 18.8. The Kier molecular flexibility index (Phi) is 6.52. The number of benzene rings is 1. The van der Waals surface area contributed by atoms with Gasteiger partial charge in [-0.15, -0.1) is 0 Å². The first kappa shape index (κ1) is 22.0. The smallest absolute Gasteiger partial charge is 0.286 e. The van der Waals surface area contributed by atoms with Gasteiger partial charge in [0, 0.05) is 13.0 Å². The van der Waals surface area contributed by atoms with Crippen LogP contribution in [-0.2, 0) is 17.3 Å². The highest BCUT2D eigenvalue weighted by Crippen LogP contribution is 2.46. The number of thioether (sulfide) groups is 1. The van der Waals surface area contributed by atoms with Crippen molar-refractivity contribution in [1.82, 2.24) is 5.32 Å². The number of fused-ring (bicyclic) bond motifs is 1. The van der Waals surface area contributed by atoms with Gasteiger partial charge in [-0.1, -0.05) is 39.8 Å². The summed E-state index contributed by atoms with van der Waals surface area (Å²) in [5.74, 6) is 2.17. The predicted molar refractivity (Wildman–Crippen MR) is 123 cm³/mol. The summed E-state index contributed by atoms with van der Waals surface area (Å²) in [6.07, 6.45) is 6.19. The van der Waals surface area contributed by atoms with E-state index in [1.165, 1.54) is 35.1 Å². The van der Waals surface area contributed by atoms with Gasteiger partial charge < -0.3 is 9.73 Å². The van der Waals surface area contributed by atoms with E-state index in [4.69, 9.17) is 4.42 Å². The number of carbonyl (C=O) groups is 1. The van der Waals surface area contributed by atoms with Crippen LogP contribution >= 0.6 is 11.8 Å². The van der Waals surface area contributed by atoms with Crippen molar-refractivity contribution in [2.75, 3.05) is 18.6 Å². The molecule has 0 saturated carbocycles. The van der Waals surface area contributed by atoms with Crippen LogP contribution in [0.5, 0.6) is 0 Å². The van der Waals surface area contributed by atoms with E-state index in [1.54, 1.807) is 17.8 Å². The number of hydrogen-bond donors (Lipinski definition) is 1. The number of carbonyl (C=O) groups excluding carboxylic acids is 1. The van der Waals surface area contributed by atoms with E-state index >= 15 is 0 Å². The first-order valence-electron chi connectivity index (χ1n) is 10.6. The minimum atomic E-state index is -0.123. The van der Waals surface area contributed by atoms with Crippen molar-refractivity contribution in [2.24, 2.45) is 0 Å². The molecule has 3 nitrogen and oxygen atoms in total. The second-order valence-corrected chi connectivity index (χ2v) is 10.6. The van der Waals surface area contributed by atoms with Gasteiger partial charge >= 0.3 is 0 Å². The average molecular weight is 414 g/mol. The van der Waals surface area contributed by atoms with Crippen molar-refractivity contribution in [2.45, 2.75) is 71.1 Å². The minimum Gasteiger partial charge on any atom is -0.456 e. The van der Waals surface area contributed by atoms with Crippen molar-refractivity contribution in [3.05, 3.63) is 58.0 Å². The number of amides is 1. The van der Waals surface area contributed by atoms with Crippen LogP contribution in [-0.4, -0.2) is 24.5 Å². The number of nitrogens with one attached hydrogen (secondary N) is 1. The fourth-order valence-electron chi connectivity index (χ4n) is 4.25. The second kappa shape index (κ2) is 8.59. The molecule has 0 radical (unpaired) electrons. The molecule has 0 saturated heterocycles. The van der Waals surface area contributed by atoms with E-state index in [0.29, 0.717) is 12.3 Å². The van der Waals surface area contributed by atoms with Crippen molar-refractivity contribution >= 4 is 17.7 Å². The maximum absolute atomic E-state index is 12.3. The van der Waals surface area contributed by atoms with E-state index in [1.807, 2.05) is 6.07 Å². The lowest BCUT2D eigenvalue weighted by Gasteiger charge is -2.42. The van der Waals surface area contributed by atoms with Crippen LogP contribution in [0.25, 0.3) is 0 Å². The van der Waals surface area contributed by atoms with Crippen LogP contribution in [0.2, 0.25) is 0 Å². The third kappa shape index (κ3) is 4.91. The van der Waals surface area contributed by atoms with Crippen molar-refractivity contribution in [3.63, 3.8) is 0 Å². The van der Waals surface area contributed by atoms with Crippen LogP contribution in [0, 0.1) is 6.92 Å². The fraction of sp³-hybridized carbons (Fsp3) is 0.560. The Bertz CT molecular complexity index is 879. The highest BCUT2D eigenvalue weighted by Gasteiger charge is 2.37. The van der Waals surface area contributed by atoms with Gasteiger partial charge in [0.1, 0.15) is 5.76 Å². The van der Waals surface area contributed by atoms with Crippen LogP contribution in [0.15, 0.2) is 28.7 Å². The molecule has 0 fully saturated rings. The molecule has 1 aliphatic rings. The number of aryl methyl sites for hydroxylation is 1. The predicted octanol–water partition coefficient (Wildman–Crippen LogP) is 6.01. The van der Waals surface area contributed by atoms with Crippen molar-refractivity contribution < 1.29 is 9.21 Å². The molecule has 0 aliphatic heterocycles. The van der Waals surface area contributed by atoms with Gasteiger partial charge in [-0.3, -0.25) is 4.79 Å². The summed E-state index contributed by atoms with van der Waals surface area (Å²) < 4.78 is 5.88. The first-order chi connectivity index (χ1) is 13.6. The zero-order valence-corrected chi connectivity index (χ0v) is 19.6. The van der Waals surface area contributed by atoms with Gasteiger partial charge in [0.05, 0.1) is 0 Å². The van der Waals surface area contributed by atoms with Gasteiger partial charge in [0.2, 0.25) is 0 Å². The molecule has 1 heterocycles. The van der Waals surface area contributed by atoms with Gasteiger partial charge in [-0.05, 0) is 83.4 Å². The molecule has 0 spiro atoms. The van der Waals surface area contributed by atoms with Gasteiger partial charge in [-0.25, -0.2) is 0 Å². The second-order valence-electron chi connectivity index (χ2n) is 9.64. The zero-order chi connectivity index (χ0) is 21.2. The summed E-state index contributed by atoms with van der Waals surface area (Å²) in [5.41, 5.74) is 5.95. The van der Waals surface area contributed by atoms with Crippen LogP contribution in [0.1, 0.15) is 85.5 Å². The van der Waals surface area contributed by atoms with E-state index in [-0.39, 0.29) is 16.7 Å². The average Bonchev–Trinajstić information content (AvgIpc) is 3.12. The van der Waals surface area contributed by atoms with E-state index in [2.05, 4.69) is 58.3 Å². The molecule has 0 unspecified atom stereocenters. The summed E-state index contributed by atoms with van der Waals surface area (Å²) in [7, 11) is 0. The number of hydrogen-bond acceptors (Lipinski definition) is 3. The molecule has 158 valence electrons. The Morgan fingerprint density at radius 2 is 1.76 bits per heavy atom. The van der Waals surface area contributed by atoms with Crippen LogP contribution < -0.4 is 5.32 Å². The summed E-state index contributed by atoms with van der Waals surface area (Å²) in [4.78, 5) is 12.3. The third-order valence-electron chi connectivity index (χ3n) is 6.37. The molecule has 0 bridgehead atoms. The highest BCUT2D eigenvalue weighted by atomic mass is 32.2. The molecule has 1 aromatic carbocycles. The highest BCUT2D eigenvalue weighted by molar-refractivity contribution is 7.98. The van der Waals surface area contributed by atoms with Crippen molar-refractivity contribution in [1.29, 1.82) is 0 Å². The normalized spacial score (nSPS) is 17.0. The van der Waals surface area contributed by atoms with Gasteiger partial charge in [0.25, 0.3) is 5.91 Å². The third-order valence-corrected chi connectivity index (χ3v) is 7.07. The Morgan fingerprint density at radius 3 is 2.41 bits per heavy atom. The molecular weight excluding hydrogens is 378 g/mol. The lowest BCUT2D eigenvalue weighted by Crippen LogP contribution is -2.34. The number of rotatable bonds is 7. The molecule has 4 heteroatoms. The lowest BCUT2D eigenvalue weighted by molar-refractivity contribution is 0.0924. The van der Waals surface area contributed by atoms with Crippen LogP contribution in [0.4, 0.5) is 0 Å². The van der Waals surface area contributed by atoms with Gasteiger partial charge in [0.15, 0.2) is 5.76 Å². The van der Waals surface area contributed by atoms with E-state index < -0.39 is 0 Å². The number of furan rings is 1. The molecule has 3 rings (SSSR count). The monoisotopic (exact) mass is 413 g/mol. The lowest BCUT2D eigenvalue weighted by atomic mass is 9.62. The summed E-state index contributed by atoms with van der Waals surface area (Å²) in [6.45, 7) is 12.3. The van der Waals surface area contributed by atoms with E-state index in [9.17, 15) is 4.79 Å². The molecular formula is C25H35NO2S. The molecule has 2 aromatic rings. The Balaban J connectivity index is 1.78. The molecule has 29 heavy (non-hydrogen) atoms. The van der Waals surface area contributed by atoms with E-state index in [0.717, 1.165) is 24.4 Å². The molecule has 1 aliphatic carbocycles.